The number of fused-ring (bicyclic) bond motifs is 3. The van der Waals surface area contributed by atoms with Crippen LogP contribution in [0.5, 0.6) is 0 Å². The standard InChI is InChI=1S/C27H32N2O6/c1-34-16-24(26(32)28-14-18-11-10-17(12-18)13-25(30)31)29-27(33)35-15-23-21-8-4-2-6-19(21)20-7-3-5-9-22(20)23/h2-9,17-18,23-24H,10-16H2,1H3,(H,28,32)(H,29,33)(H,30,31)/t17?,18?,24-/m0/s1. The number of benzene rings is 2. The van der Waals surface area contributed by atoms with Gasteiger partial charge in [-0.05, 0) is 53.4 Å². The zero-order chi connectivity index (χ0) is 24.8. The van der Waals surface area contributed by atoms with E-state index in [1.165, 1.54) is 7.11 Å². The molecule has 2 amide bonds. The zero-order valence-corrected chi connectivity index (χ0v) is 19.9. The summed E-state index contributed by atoms with van der Waals surface area (Å²) >= 11 is 0. The Morgan fingerprint density at radius 1 is 1.00 bits per heavy atom. The van der Waals surface area contributed by atoms with Gasteiger partial charge in [-0.15, -0.1) is 0 Å². The highest BCUT2D eigenvalue weighted by atomic mass is 16.5. The normalized spacial score (nSPS) is 19.5. The van der Waals surface area contributed by atoms with E-state index in [4.69, 9.17) is 14.6 Å². The van der Waals surface area contributed by atoms with Crippen LogP contribution in [-0.4, -0.2) is 56.0 Å². The fourth-order valence-electron chi connectivity index (χ4n) is 5.30. The maximum atomic E-state index is 12.7. The molecule has 2 aromatic rings. The first-order chi connectivity index (χ1) is 17.0. The molecule has 1 fully saturated rings. The van der Waals surface area contributed by atoms with Crippen LogP contribution in [0.4, 0.5) is 4.79 Å². The Kier molecular flexibility index (Phi) is 8.02. The molecule has 35 heavy (non-hydrogen) atoms. The lowest BCUT2D eigenvalue weighted by Crippen LogP contribution is -2.50. The summed E-state index contributed by atoms with van der Waals surface area (Å²) in [5.41, 5.74) is 4.52. The minimum atomic E-state index is -0.883. The second-order valence-electron chi connectivity index (χ2n) is 9.37. The smallest absolute Gasteiger partial charge is 0.407 e. The first-order valence-electron chi connectivity index (χ1n) is 12.1. The molecule has 3 atom stereocenters. The lowest BCUT2D eigenvalue weighted by atomic mass is 9.98. The van der Waals surface area contributed by atoms with E-state index in [1.54, 1.807) is 0 Å². The van der Waals surface area contributed by atoms with Gasteiger partial charge in [-0.2, -0.15) is 0 Å². The van der Waals surface area contributed by atoms with Crippen molar-refractivity contribution in [2.45, 2.75) is 37.6 Å². The second-order valence-corrected chi connectivity index (χ2v) is 9.37. The molecule has 1 saturated carbocycles. The molecular weight excluding hydrogens is 448 g/mol. The quantitative estimate of drug-likeness (QED) is 0.479. The van der Waals surface area contributed by atoms with Gasteiger partial charge in [-0.25, -0.2) is 4.79 Å². The van der Waals surface area contributed by atoms with Crippen LogP contribution in [0.2, 0.25) is 0 Å². The van der Waals surface area contributed by atoms with Gasteiger partial charge >= 0.3 is 12.1 Å². The third kappa shape index (κ3) is 6.00. The summed E-state index contributed by atoms with van der Waals surface area (Å²) in [5.74, 6) is -0.803. The van der Waals surface area contributed by atoms with Gasteiger partial charge in [-0.3, -0.25) is 9.59 Å². The highest BCUT2D eigenvalue weighted by Gasteiger charge is 2.31. The molecule has 2 unspecified atom stereocenters. The molecule has 0 radical (unpaired) electrons. The number of hydrogen-bond acceptors (Lipinski definition) is 5. The monoisotopic (exact) mass is 480 g/mol. The van der Waals surface area contributed by atoms with Gasteiger partial charge in [0.05, 0.1) is 6.61 Å². The van der Waals surface area contributed by atoms with Gasteiger partial charge in [0.15, 0.2) is 0 Å². The van der Waals surface area contributed by atoms with E-state index in [1.807, 2.05) is 36.4 Å². The van der Waals surface area contributed by atoms with Crippen LogP contribution in [0, 0.1) is 11.8 Å². The maximum absolute atomic E-state index is 12.7. The largest absolute Gasteiger partial charge is 0.481 e. The Balaban J connectivity index is 1.29. The molecule has 0 bridgehead atoms. The molecule has 0 aliphatic heterocycles. The lowest BCUT2D eigenvalue weighted by Gasteiger charge is -2.20. The van der Waals surface area contributed by atoms with E-state index in [2.05, 4.69) is 22.8 Å². The van der Waals surface area contributed by atoms with Crippen molar-refractivity contribution in [2.24, 2.45) is 11.8 Å². The highest BCUT2D eigenvalue weighted by Crippen LogP contribution is 2.44. The molecule has 4 rings (SSSR count). The number of nitrogens with one attached hydrogen (secondary N) is 2. The average molecular weight is 481 g/mol. The van der Waals surface area contributed by atoms with E-state index >= 15 is 0 Å². The fraction of sp³-hybridized carbons (Fsp3) is 0.444. The molecule has 2 aromatic carbocycles. The maximum Gasteiger partial charge on any atom is 0.407 e. The van der Waals surface area contributed by atoms with Crippen molar-refractivity contribution >= 4 is 18.0 Å². The summed E-state index contributed by atoms with van der Waals surface area (Å²) in [6, 6.07) is 15.3. The number of rotatable bonds is 10. The van der Waals surface area contributed by atoms with Gasteiger partial charge in [-0.1, -0.05) is 48.5 Å². The average Bonchev–Trinajstić information content (AvgIpc) is 3.42. The molecule has 8 heteroatoms. The number of methoxy groups -OCH3 is 1. The topological polar surface area (TPSA) is 114 Å². The van der Waals surface area contributed by atoms with Gasteiger partial charge in [0.25, 0.3) is 0 Å². The Morgan fingerprint density at radius 2 is 1.63 bits per heavy atom. The number of carboxylic acids is 1. The summed E-state index contributed by atoms with van der Waals surface area (Å²) < 4.78 is 10.7. The Morgan fingerprint density at radius 3 is 2.26 bits per heavy atom. The van der Waals surface area contributed by atoms with Gasteiger partial charge < -0.3 is 25.2 Å². The van der Waals surface area contributed by atoms with Gasteiger partial charge in [0.2, 0.25) is 5.91 Å². The van der Waals surface area contributed by atoms with Crippen LogP contribution in [0.1, 0.15) is 42.7 Å². The first kappa shape index (κ1) is 24.7. The number of amides is 2. The first-order valence-corrected chi connectivity index (χ1v) is 12.1. The minimum absolute atomic E-state index is 0.0162. The molecule has 8 nitrogen and oxygen atoms in total. The van der Waals surface area contributed by atoms with Crippen LogP contribution >= 0.6 is 0 Å². The Labute approximate surface area is 205 Å². The van der Waals surface area contributed by atoms with Crippen molar-refractivity contribution in [3.8, 4) is 11.1 Å². The summed E-state index contributed by atoms with van der Waals surface area (Å²) in [6.07, 6.45) is 2.01. The van der Waals surface area contributed by atoms with Crippen molar-refractivity contribution in [3.63, 3.8) is 0 Å². The summed E-state index contributed by atoms with van der Waals surface area (Å²) in [5, 5.41) is 14.5. The van der Waals surface area contributed by atoms with Crippen molar-refractivity contribution in [3.05, 3.63) is 59.7 Å². The number of carboxylic acid groups (broad SMARTS) is 1. The summed E-state index contributed by atoms with van der Waals surface area (Å²) in [6.45, 7) is 0.623. The minimum Gasteiger partial charge on any atom is -0.481 e. The highest BCUT2D eigenvalue weighted by molar-refractivity contribution is 5.86. The van der Waals surface area contributed by atoms with E-state index in [9.17, 15) is 14.4 Å². The fourth-order valence-corrected chi connectivity index (χ4v) is 5.30. The molecule has 3 N–H and O–H groups in total. The van der Waals surface area contributed by atoms with E-state index < -0.39 is 18.1 Å². The number of aliphatic carboxylic acids is 1. The van der Waals surface area contributed by atoms with E-state index in [0.717, 1.165) is 41.5 Å². The molecule has 0 saturated heterocycles. The van der Waals surface area contributed by atoms with Gasteiger partial charge in [0.1, 0.15) is 12.6 Å². The van der Waals surface area contributed by atoms with Crippen LogP contribution in [0.15, 0.2) is 48.5 Å². The third-order valence-corrected chi connectivity index (χ3v) is 6.96. The molecule has 2 aliphatic rings. The van der Waals surface area contributed by atoms with Gasteiger partial charge in [0, 0.05) is 26.0 Å². The number of hydrogen-bond donors (Lipinski definition) is 3. The Bertz CT molecular complexity index is 1030. The van der Waals surface area contributed by atoms with Crippen molar-refractivity contribution in [1.82, 2.24) is 10.6 Å². The molecule has 0 spiro atoms. The molecule has 186 valence electrons. The SMILES string of the molecule is COC[C@H](NC(=O)OCC1c2ccccc2-c2ccccc21)C(=O)NCC1CCC(CC(=O)O)C1. The predicted molar refractivity (Wildman–Crippen MR) is 130 cm³/mol. The number of ether oxygens (including phenoxy) is 2. The third-order valence-electron chi connectivity index (χ3n) is 6.96. The molecule has 0 heterocycles. The molecular formula is C27H32N2O6. The number of carbonyl (C=O) groups is 3. The van der Waals surface area contributed by atoms with E-state index in [0.29, 0.717) is 6.54 Å². The lowest BCUT2D eigenvalue weighted by molar-refractivity contribution is -0.138. The number of alkyl carbamates (subject to hydrolysis) is 1. The van der Waals surface area contributed by atoms with Crippen LogP contribution in [0.25, 0.3) is 11.1 Å². The van der Waals surface area contributed by atoms with Crippen molar-refractivity contribution in [1.29, 1.82) is 0 Å². The molecule has 2 aliphatic carbocycles. The van der Waals surface area contributed by atoms with Crippen LogP contribution in [0.3, 0.4) is 0 Å². The molecule has 0 aromatic heterocycles. The van der Waals surface area contributed by atoms with Crippen molar-refractivity contribution in [2.75, 3.05) is 26.9 Å². The summed E-state index contributed by atoms with van der Waals surface area (Å²) in [4.78, 5) is 36.2. The van der Waals surface area contributed by atoms with Crippen LogP contribution in [-0.2, 0) is 19.1 Å². The van der Waals surface area contributed by atoms with E-state index in [-0.39, 0.29) is 43.3 Å². The second kappa shape index (κ2) is 11.4. The predicted octanol–water partition coefficient (Wildman–Crippen LogP) is 3.55. The zero-order valence-electron chi connectivity index (χ0n) is 19.9. The van der Waals surface area contributed by atoms with Crippen molar-refractivity contribution < 1.29 is 29.0 Å². The van der Waals surface area contributed by atoms with Crippen LogP contribution < -0.4 is 10.6 Å². The number of carbonyl (C=O) groups excluding carboxylic acids is 2. The summed E-state index contributed by atoms with van der Waals surface area (Å²) in [7, 11) is 1.47. The Hall–Kier alpha value is -3.39.